The summed E-state index contributed by atoms with van der Waals surface area (Å²) in [6, 6.07) is 11.7. The Bertz CT molecular complexity index is 374. The van der Waals surface area contributed by atoms with Gasteiger partial charge in [0.1, 0.15) is 6.54 Å². The number of rotatable bonds is 5. The Labute approximate surface area is 106 Å². The fourth-order valence-electron chi connectivity index (χ4n) is 2.21. The minimum absolute atomic E-state index is 0.536. The highest BCUT2D eigenvalue weighted by atomic mass is 15.4. The van der Waals surface area contributed by atoms with Gasteiger partial charge in [0.2, 0.25) is 0 Å². The first kappa shape index (κ1) is 13.8. The second-order valence-electron chi connectivity index (χ2n) is 5.34. The predicted octanol–water partition coefficient (Wildman–Crippen LogP) is 3.11. The van der Waals surface area contributed by atoms with Gasteiger partial charge in [0, 0.05) is 6.42 Å². The van der Waals surface area contributed by atoms with E-state index in [1.54, 1.807) is 0 Å². The molecule has 0 radical (unpaired) electrons. The number of benzene rings is 1. The summed E-state index contributed by atoms with van der Waals surface area (Å²) in [5.74, 6) is 2.83. The number of hydrogen-bond acceptors (Lipinski definition) is 0. The van der Waals surface area contributed by atoms with Gasteiger partial charge in [0.05, 0.1) is 19.1 Å². The van der Waals surface area contributed by atoms with E-state index in [0.29, 0.717) is 12.1 Å². The van der Waals surface area contributed by atoms with Gasteiger partial charge in [-0.3, -0.25) is 0 Å². The van der Waals surface area contributed by atoms with Crippen molar-refractivity contribution < 1.29 is 4.48 Å². The lowest BCUT2D eigenvalue weighted by Crippen LogP contribution is -2.56. The summed E-state index contributed by atoms with van der Waals surface area (Å²) in [6.45, 7) is 7.59. The maximum Gasteiger partial charge on any atom is 0.140 e. The minimum Gasteiger partial charge on any atom is -0.312 e. The average molecular weight is 230 g/mol. The molecular formula is C16H24N+. The summed E-state index contributed by atoms with van der Waals surface area (Å²) in [7, 11) is 2.26. The maximum absolute atomic E-state index is 5.52. The van der Waals surface area contributed by atoms with Crippen molar-refractivity contribution >= 4 is 0 Å². The molecule has 2 atom stereocenters. The van der Waals surface area contributed by atoms with Gasteiger partial charge in [0.25, 0.3) is 0 Å². The van der Waals surface area contributed by atoms with Crippen molar-refractivity contribution in [1.29, 1.82) is 0 Å². The molecule has 1 unspecified atom stereocenters. The Morgan fingerprint density at radius 1 is 1.18 bits per heavy atom. The molecule has 0 aliphatic carbocycles. The molecule has 0 amide bonds. The van der Waals surface area contributed by atoms with Crippen LogP contribution < -0.4 is 0 Å². The molecule has 0 heterocycles. The number of terminal acetylenes is 1. The van der Waals surface area contributed by atoms with E-state index in [1.807, 2.05) is 0 Å². The van der Waals surface area contributed by atoms with E-state index in [-0.39, 0.29) is 0 Å². The summed E-state index contributed by atoms with van der Waals surface area (Å²) < 4.78 is 0.936. The van der Waals surface area contributed by atoms with E-state index in [2.05, 4.69) is 64.1 Å². The molecule has 0 saturated heterocycles. The topological polar surface area (TPSA) is 0 Å². The van der Waals surface area contributed by atoms with Crippen LogP contribution in [0.1, 0.15) is 26.3 Å². The van der Waals surface area contributed by atoms with Crippen molar-refractivity contribution in [3.63, 3.8) is 0 Å². The highest BCUT2D eigenvalue weighted by Gasteiger charge is 2.31. The maximum atomic E-state index is 5.52. The predicted molar refractivity (Wildman–Crippen MR) is 74.6 cm³/mol. The van der Waals surface area contributed by atoms with Crippen LogP contribution >= 0.6 is 0 Å². The van der Waals surface area contributed by atoms with Gasteiger partial charge in [-0.15, -0.1) is 6.42 Å². The molecule has 0 aliphatic heterocycles. The number of likely N-dealkylation sites (N-methyl/N-ethyl adjacent to an activating group) is 1. The summed E-state index contributed by atoms with van der Waals surface area (Å²) in [4.78, 5) is 0. The van der Waals surface area contributed by atoms with Crippen molar-refractivity contribution in [2.45, 2.75) is 39.3 Å². The van der Waals surface area contributed by atoms with Gasteiger partial charge in [0.15, 0.2) is 0 Å². The monoisotopic (exact) mass is 230 g/mol. The van der Waals surface area contributed by atoms with Crippen molar-refractivity contribution in [3.05, 3.63) is 35.9 Å². The highest BCUT2D eigenvalue weighted by molar-refractivity contribution is 5.15. The van der Waals surface area contributed by atoms with Gasteiger partial charge in [-0.25, -0.2) is 0 Å². The number of nitrogens with zero attached hydrogens (tertiary/aromatic N) is 1. The number of quaternary nitrogens is 1. The van der Waals surface area contributed by atoms with Crippen molar-refractivity contribution in [2.75, 3.05) is 13.6 Å². The Morgan fingerprint density at radius 2 is 1.76 bits per heavy atom. The van der Waals surface area contributed by atoms with Gasteiger partial charge in [-0.1, -0.05) is 30.3 Å². The first-order valence-electron chi connectivity index (χ1n) is 6.33. The smallest absolute Gasteiger partial charge is 0.140 e. The largest absolute Gasteiger partial charge is 0.312 e. The fourth-order valence-corrected chi connectivity index (χ4v) is 2.21. The SMILES string of the molecule is C#CC[N+](C)(C(C)C)[C@H](C)Cc1ccccc1. The number of hydrogen-bond donors (Lipinski definition) is 0. The molecule has 0 spiro atoms. The van der Waals surface area contributed by atoms with E-state index < -0.39 is 0 Å². The van der Waals surface area contributed by atoms with E-state index in [4.69, 9.17) is 6.42 Å². The Hall–Kier alpha value is -1.26. The summed E-state index contributed by atoms with van der Waals surface area (Å²) in [6.07, 6.45) is 6.60. The van der Waals surface area contributed by atoms with Crippen molar-refractivity contribution in [3.8, 4) is 12.3 Å². The zero-order chi connectivity index (χ0) is 12.9. The molecule has 0 aliphatic rings. The standard InChI is InChI=1S/C16H24N/c1-6-12-17(5,14(2)3)15(4)13-16-10-8-7-9-11-16/h1,7-11,14-15H,12-13H2,2-5H3/q+1/t15-,17?/m1/s1. The first-order valence-corrected chi connectivity index (χ1v) is 6.33. The van der Waals surface area contributed by atoms with E-state index in [1.165, 1.54) is 5.56 Å². The molecule has 0 aromatic heterocycles. The molecule has 1 aromatic carbocycles. The summed E-state index contributed by atoms with van der Waals surface area (Å²) in [5, 5.41) is 0. The van der Waals surface area contributed by atoms with Gasteiger partial charge in [-0.05, 0) is 32.3 Å². The van der Waals surface area contributed by atoms with Gasteiger partial charge < -0.3 is 4.48 Å². The lowest BCUT2D eigenvalue weighted by molar-refractivity contribution is -0.944. The molecule has 0 fully saturated rings. The molecule has 17 heavy (non-hydrogen) atoms. The second kappa shape index (κ2) is 5.89. The van der Waals surface area contributed by atoms with Crippen LogP contribution in [0.4, 0.5) is 0 Å². The fraction of sp³-hybridized carbons (Fsp3) is 0.500. The van der Waals surface area contributed by atoms with Gasteiger partial charge in [-0.2, -0.15) is 0 Å². The van der Waals surface area contributed by atoms with Crippen LogP contribution in [-0.4, -0.2) is 30.2 Å². The zero-order valence-corrected chi connectivity index (χ0v) is 11.5. The minimum atomic E-state index is 0.536. The van der Waals surface area contributed by atoms with Crippen LogP contribution in [0.5, 0.6) is 0 Å². The Kier molecular flexibility index (Phi) is 4.78. The van der Waals surface area contributed by atoms with E-state index >= 15 is 0 Å². The molecule has 1 rings (SSSR count). The first-order chi connectivity index (χ1) is 8.00. The van der Waals surface area contributed by atoms with Crippen LogP contribution in [0, 0.1) is 12.3 Å². The molecule has 92 valence electrons. The van der Waals surface area contributed by atoms with Crippen LogP contribution in [0.3, 0.4) is 0 Å². The van der Waals surface area contributed by atoms with Crippen LogP contribution in [-0.2, 0) is 6.42 Å². The van der Waals surface area contributed by atoms with Crippen LogP contribution in [0.25, 0.3) is 0 Å². The summed E-state index contributed by atoms with van der Waals surface area (Å²) in [5.41, 5.74) is 1.39. The lowest BCUT2D eigenvalue weighted by Gasteiger charge is -2.42. The zero-order valence-electron chi connectivity index (χ0n) is 11.5. The molecule has 0 N–H and O–H groups in total. The van der Waals surface area contributed by atoms with Crippen LogP contribution in [0.2, 0.25) is 0 Å². The van der Waals surface area contributed by atoms with Crippen molar-refractivity contribution in [2.24, 2.45) is 0 Å². The lowest BCUT2D eigenvalue weighted by atomic mass is 10.0. The normalized spacial score (nSPS) is 16.2. The highest BCUT2D eigenvalue weighted by Crippen LogP contribution is 2.19. The third-order valence-electron chi connectivity index (χ3n) is 3.99. The Morgan fingerprint density at radius 3 is 2.24 bits per heavy atom. The molecule has 1 aromatic rings. The van der Waals surface area contributed by atoms with E-state index in [0.717, 1.165) is 17.4 Å². The molecule has 0 saturated carbocycles. The molecule has 1 nitrogen and oxygen atoms in total. The van der Waals surface area contributed by atoms with Crippen molar-refractivity contribution in [1.82, 2.24) is 0 Å². The van der Waals surface area contributed by atoms with Gasteiger partial charge >= 0.3 is 0 Å². The quantitative estimate of drug-likeness (QED) is 0.538. The molecule has 0 bridgehead atoms. The third kappa shape index (κ3) is 3.35. The third-order valence-corrected chi connectivity index (χ3v) is 3.99. The van der Waals surface area contributed by atoms with E-state index in [9.17, 15) is 0 Å². The van der Waals surface area contributed by atoms with Crippen LogP contribution in [0.15, 0.2) is 30.3 Å². The summed E-state index contributed by atoms with van der Waals surface area (Å²) >= 11 is 0. The molecular weight excluding hydrogens is 206 g/mol. The molecule has 1 heteroatoms. The Balaban J connectivity index is 2.80. The second-order valence-corrected chi connectivity index (χ2v) is 5.34. The average Bonchev–Trinajstić information content (AvgIpc) is 2.30.